The molecule has 4 aliphatic carbocycles. The standard InChI is InChI=1S/C60H81F6NO11/c1-7-9-11-13-15-17-33-67(34-18-16-14-12-10-8-2)51(69)30-19-38(3)46-28-29-47-52-48(37-50(58(46,47)6)74-39(4)68)57(5)32-31-45(75-53(70)40-20-24-43(25-21-40)76-55(72)59(61,62)63)35-42(57)36-49(52)78-54(71)41-22-26-44(27-23-41)77-56(73)60(64,65)66/h20-27,38,42,45-50,52H,7-19,28-37H2,1-6H3/t38-,42+,45-,46-,47+,48+,49-,50+,52+,57+,58-/m1/s1. The molecule has 0 heterocycles. The van der Waals surface area contributed by atoms with Gasteiger partial charge in [0.2, 0.25) is 5.91 Å². The molecule has 0 bridgehead atoms. The van der Waals surface area contributed by atoms with Crippen LogP contribution in [0.15, 0.2) is 48.5 Å². The van der Waals surface area contributed by atoms with Gasteiger partial charge < -0.3 is 28.6 Å². The predicted molar refractivity (Wildman–Crippen MR) is 278 cm³/mol. The summed E-state index contributed by atoms with van der Waals surface area (Å²) in [6.07, 6.45) is 6.18. The largest absolute Gasteiger partial charge is 0.491 e. The Balaban J connectivity index is 1.23. The van der Waals surface area contributed by atoms with Gasteiger partial charge in [-0.15, -0.1) is 0 Å². The summed E-state index contributed by atoms with van der Waals surface area (Å²) in [5, 5.41) is 0. The fourth-order valence-electron chi connectivity index (χ4n) is 14.0. The highest BCUT2D eigenvalue weighted by molar-refractivity contribution is 5.90. The normalized spacial score (nSPS) is 27.0. The van der Waals surface area contributed by atoms with Gasteiger partial charge in [-0.25, -0.2) is 19.2 Å². The molecule has 4 saturated carbocycles. The van der Waals surface area contributed by atoms with Crippen LogP contribution in [0.4, 0.5) is 26.3 Å². The molecular formula is C60H81F6NO11. The number of alkyl halides is 6. The van der Waals surface area contributed by atoms with Gasteiger partial charge in [-0.05, 0) is 148 Å². The van der Waals surface area contributed by atoms with Crippen LogP contribution >= 0.6 is 0 Å². The van der Waals surface area contributed by atoms with Crippen molar-refractivity contribution in [2.75, 3.05) is 13.1 Å². The summed E-state index contributed by atoms with van der Waals surface area (Å²) in [6.45, 7) is 13.9. The lowest BCUT2D eigenvalue weighted by atomic mass is 9.43. The Morgan fingerprint density at radius 2 is 1.13 bits per heavy atom. The van der Waals surface area contributed by atoms with Crippen LogP contribution in [-0.2, 0) is 33.4 Å². The number of amides is 1. The maximum Gasteiger partial charge on any atom is 0.491 e. The second-order valence-electron chi connectivity index (χ2n) is 23.1. The van der Waals surface area contributed by atoms with Crippen molar-refractivity contribution in [2.45, 2.75) is 207 Å². The van der Waals surface area contributed by atoms with E-state index in [1.165, 1.54) is 69.7 Å². The number of fused-ring (bicyclic) bond motifs is 5. The molecule has 11 atom stereocenters. The van der Waals surface area contributed by atoms with Crippen molar-refractivity contribution in [3.63, 3.8) is 0 Å². The number of esters is 5. The molecule has 434 valence electrons. The summed E-state index contributed by atoms with van der Waals surface area (Å²) in [5.74, 6) is -7.94. The summed E-state index contributed by atoms with van der Waals surface area (Å²) in [7, 11) is 0. The second-order valence-corrected chi connectivity index (χ2v) is 23.1. The molecule has 4 fully saturated rings. The molecule has 0 unspecified atom stereocenters. The van der Waals surface area contributed by atoms with E-state index >= 15 is 0 Å². The first kappa shape index (κ1) is 62.0. The zero-order valence-corrected chi connectivity index (χ0v) is 46.3. The Morgan fingerprint density at radius 3 is 1.63 bits per heavy atom. The molecule has 6 rings (SSSR count). The molecule has 0 saturated heterocycles. The molecule has 0 spiro atoms. The monoisotopic (exact) mass is 1110 g/mol. The van der Waals surface area contributed by atoms with Crippen LogP contribution in [0.3, 0.4) is 0 Å². The second kappa shape index (κ2) is 27.3. The molecule has 18 heteroatoms. The summed E-state index contributed by atoms with van der Waals surface area (Å²) < 4.78 is 105. The van der Waals surface area contributed by atoms with Gasteiger partial charge in [0.1, 0.15) is 29.8 Å². The van der Waals surface area contributed by atoms with Crippen molar-refractivity contribution in [1.29, 1.82) is 0 Å². The Morgan fingerprint density at radius 1 is 0.628 bits per heavy atom. The zero-order chi connectivity index (χ0) is 57.0. The van der Waals surface area contributed by atoms with Crippen molar-refractivity contribution in [2.24, 2.45) is 46.3 Å². The van der Waals surface area contributed by atoms with Gasteiger partial charge >= 0.3 is 42.2 Å². The van der Waals surface area contributed by atoms with Gasteiger partial charge in [0.25, 0.3) is 0 Å². The number of unbranched alkanes of at least 4 members (excludes halogenated alkanes) is 10. The maximum absolute atomic E-state index is 14.3. The molecule has 1 amide bonds. The lowest BCUT2D eigenvalue weighted by Crippen LogP contribution is -2.63. The van der Waals surface area contributed by atoms with Crippen molar-refractivity contribution in [3.8, 4) is 11.5 Å². The van der Waals surface area contributed by atoms with Gasteiger partial charge in [0.15, 0.2) is 0 Å². The maximum atomic E-state index is 14.3. The van der Waals surface area contributed by atoms with Crippen molar-refractivity contribution in [3.05, 3.63) is 59.7 Å². The van der Waals surface area contributed by atoms with Crippen molar-refractivity contribution in [1.82, 2.24) is 4.90 Å². The van der Waals surface area contributed by atoms with E-state index in [0.717, 1.165) is 88.7 Å². The van der Waals surface area contributed by atoms with Crippen LogP contribution < -0.4 is 9.47 Å². The highest BCUT2D eigenvalue weighted by Crippen LogP contribution is 2.69. The zero-order valence-electron chi connectivity index (χ0n) is 46.3. The fourth-order valence-corrected chi connectivity index (χ4v) is 14.0. The minimum atomic E-state index is -5.23. The van der Waals surface area contributed by atoms with Crippen molar-refractivity contribution < 1.29 is 78.8 Å². The minimum absolute atomic E-state index is 0.0160. The summed E-state index contributed by atoms with van der Waals surface area (Å²) in [6, 6.07) is 9.16. The molecule has 4 aliphatic rings. The molecular weight excluding hydrogens is 1020 g/mol. The smallest absolute Gasteiger partial charge is 0.462 e. The van der Waals surface area contributed by atoms with Crippen LogP contribution in [-0.4, -0.2) is 84.4 Å². The molecule has 12 nitrogen and oxygen atoms in total. The first-order valence-electron chi connectivity index (χ1n) is 28.6. The first-order valence-corrected chi connectivity index (χ1v) is 28.6. The molecule has 78 heavy (non-hydrogen) atoms. The van der Waals surface area contributed by atoms with E-state index in [1.807, 2.05) is 0 Å². The van der Waals surface area contributed by atoms with E-state index in [9.17, 15) is 55.1 Å². The number of hydrogen-bond donors (Lipinski definition) is 0. The molecule has 0 radical (unpaired) electrons. The van der Waals surface area contributed by atoms with Crippen LogP contribution in [0, 0.1) is 46.3 Å². The number of ether oxygens (including phenoxy) is 5. The van der Waals surface area contributed by atoms with Crippen LogP contribution in [0.2, 0.25) is 0 Å². The summed E-state index contributed by atoms with van der Waals surface area (Å²) in [4.78, 5) is 80.1. The predicted octanol–water partition coefficient (Wildman–Crippen LogP) is 14.1. The van der Waals surface area contributed by atoms with Gasteiger partial charge in [-0.1, -0.05) is 98.8 Å². The van der Waals surface area contributed by atoms with E-state index in [0.29, 0.717) is 44.9 Å². The van der Waals surface area contributed by atoms with E-state index < -0.39 is 82.8 Å². The number of carbonyl (C=O) groups excluding carboxylic acids is 6. The van der Waals surface area contributed by atoms with Crippen LogP contribution in [0.5, 0.6) is 11.5 Å². The highest BCUT2D eigenvalue weighted by Gasteiger charge is 2.68. The Hall–Kier alpha value is -5.16. The summed E-state index contributed by atoms with van der Waals surface area (Å²) in [5.41, 5.74) is -0.969. The van der Waals surface area contributed by atoms with Gasteiger partial charge in [0, 0.05) is 37.8 Å². The van der Waals surface area contributed by atoms with E-state index in [2.05, 4.69) is 49.0 Å². The number of halogens is 6. The first-order chi connectivity index (χ1) is 36.9. The van der Waals surface area contributed by atoms with Gasteiger partial charge in [0.05, 0.1) is 11.1 Å². The molecule has 2 aromatic carbocycles. The topological polar surface area (TPSA) is 152 Å². The summed E-state index contributed by atoms with van der Waals surface area (Å²) >= 11 is 0. The van der Waals surface area contributed by atoms with Crippen molar-refractivity contribution >= 4 is 35.8 Å². The number of nitrogens with zero attached hydrogens (tertiary/aromatic N) is 1. The highest BCUT2D eigenvalue weighted by atomic mass is 19.4. The fraction of sp³-hybridized carbons (Fsp3) is 0.700. The Kier molecular flexibility index (Phi) is 21.7. The third-order valence-electron chi connectivity index (χ3n) is 18.1. The SMILES string of the molecule is CCCCCCCCN(CCCCCCCC)C(=O)CC[C@@H](C)[C@H]1CC[C@H]2[C@@H]3[C@H](OC(=O)c4ccc(OC(=O)C(F)(F)F)cc4)C[C@@H]4C[C@H](OC(=O)c5ccc(OC(=O)C(F)(F)F)cc5)CC[C@]4(C)[C@H]3C[C@H](OC(C)=O)[C@]12C. The average molecular weight is 1110 g/mol. The van der Waals surface area contributed by atoms with Crippen LogP contribution in [0.1, 0.15) is 197 Å². The van der Waals surface area contributed by atoms with Gasteiger partial charge in [-0.3, -0.25) is 9.59 Å². The lowest BCUT2D eigenvalue weighted by Gasteiger charge is -2.64. The molecule has 0 aromatic heterocycles. The average Bonchev–Trinajstić information content (AvgIpc) is 3.97. The quantitative estimate of drug-likeness (QED) is 0.0307. The number of hydrogen-bond acceptors (Lipinski definition) is 11. The molecule has 0 N–H and O–H groups in total. The molecule has 0 aliphatic heterocycles. The number of rotatable bonds is 25. The molecule has 2 aromatic rings. The van der Waals surface area contributed by atoms with E-state index in [1.54, 1.807) is 0 Å². The van der Waals surface area contributed by atoms with E-state index in [-0.39, 0.29) is 52.5 Å². The van der Waals surface area contributed by atoms with E-state index in [4.69, 9.17) is 14.2 Å². The van der Waals surface area contributed by atoms with Gasteiger partial charge in [-0.2, -0.15) is 26.3 Å². The minimum Gasteiger partial charge on any atom is -0.462 e. The Labute approximate surface area is 455 Å². The number of carbonyl (C=O) groups is 6. The Bertz CT molecular complexity index is 2330. The lowest BCUT2D eigenvalue weighted by molar-refractivity contribution is -0.217. The van der Waals surface area contributed by atoms with Crippen LogP contribution in [0.25, 0.3) is 0 Å². The number of benzene rings is 2. The third kappa shape index (κ3) is 15.6. The third-order valence-corrected chi connectivity index (χ3v) is 18.1.